The Labute approximate surface area is 200 Å². The van der Waals surface area contributed by atoms with Crippen LogP contribution in [-0.4, -0.2) is 75.6 Å². The number of hydrogen-bond donors (Lipinski definition) is 3. The average Bonchev–Trinajstić information content (AvgIpc) is 2.86. The fourth-order valence-corrected chi connectivity index (χ4v) is 3.91. The van der Waals surface area contributed by atoms with Crippen LogP contribution in [0.5, 0.6) is 0 Å². The van der Waals surface area contributed by atoms with Crippen molar-refractivity contribution in [2.24, 2.45) is 5.92 Å². The minimum Gasteiger partial charge on any atom is -0.396 e. The minimum absolute atomic E-state index is 0.0280. The van der Waals surface area contributed by atoms with E-state index in [0.717, 1.165) is 18.4 Å². The van der Waals surface area contributed by atoms with E-state index < -0.39 is 11.9 Å². The Hall–Kier alpha value is -2.88. The van der Waals surface area contributed by atoms with Gasteiger partial charge in [0.1, 0.15) is 0 Å². The van der Waals surface area contributed by atoms with Crippen LogP contribution in [-0.2, 0) is 17.8 Å². The Morgan fingerprint density at radius 2 is 1.97 bits per heavy atom. The van der Waals surface area contributed by atoms with Gasteiger partial charge in [-0.05, 0) is 42.4 Å². The topological polar surface area (TPSA) is 125 Å². The quantitative estimate of drug-likeness (QED) is 0.481. The summed E-state index contributed by atoms with van der Waals surface area (Å²) >= 11 is 0. The summed E-state index contributed by atoms with van der Waals surface area (Å²) in [6, 6.07) is 11.0. The molecule has 9 heteroatoms. The molecule has 1 aromatic carbocycles. The summed E-state index contributed by atoms with van der Waals surface area (Å²) < 4.78 is 6.03. The fraction of sp³-hybridized carbons (Fsp3) is 0.520. The second-order valence-electron chi connectivity index (χ2n) is 8.90. The van der Waals surface area contributed by atoms with Crippen LogP contribution in [0.4, 0.5) is 0 Å². The maximum atomic E-state index is 13.1. The van der Waals surface area contributed by atoms with Crippen molar-refractivity contribution < 1.29 is 24.5 Å². The number of piperidine rings is 1. The van der Waals surface area contributed by atoms with Crippen LogP contribution in [0.3, 0.4) is 0 Å². The van der Waals surface area contributed by atoms with Gasteiger partial charge in [0.2, 0.25) is 0 Å². The molecule has 1 saturated heterocycles. The van der Waals surface area contributed by atoms with Crippen molar-refractivity contribution in [1.82, 2.24) is 20.4 Å². The number of carbonyl (C=O) groups is 2. The third-order valence-corrected chi connectivity index (χ3v) is 6.00. The van der Waals surface area contributed by atoms with Gasteiger partial charge in [0.25, 0.3) is 11.8 Å². The van der Waals surface area contributed by atoms with Crippen molar-refractivity contribution in [3.8, 4) is 0 Å². The van der Waals surface area contributed by atoms with E-state index >= 15 is 0 Å². The third-order valence-electron chi connectivity index (χ3n) is 6.00. The lowest BCUT2D eigenvalue weighted by Gasteiger charge is -2.32. The molecule has 34 heavy (non-hydrogen) atoms. The van der Waals surface area contributed by atoms with Crippen molar-refractivity contribution in [2.75, 3.05) is 26.3 Å². The molecule has 0 unspecified atom stereocenters. The van der Waals surface area contributed by atoms with E-state index in [0.29, 0.717) is 25.3 Å². The number of aromatic nitrogens is 2. The van der Waals surface area contributed by atoms with Crippen LogP contribution in [0.15, 0.2) is 36.4 Å². The first-order valence-electron chi connectivity index (χ1n) is 11.8. The smallest absolute Gasteiger partial charge is 0.274 e. The molecule has 2 amide bonds. The number of likely N-dealkylation sites (tertiary alicyclic amines) is 1. The average molecular weight is 471 g/mol. The number of nitrogens with zero attached hydrogens (tertiary/aromatic N) is 3. The van der Waals surface area contributed by atoms with Gasteiger partial charge in [0, 0.05) is 19.7 Å². The van der Waals surface area contributed by atoms with Crippen LogP contribution in [0.2, 0.25) is 0 Å². The molecule has 1 aliphatic heterocycles. The lowest BCUT2D eigenvalue weighted by Crippen LogP contribution is -2.44. The first kappa shape index (κ1) is 25.7. The molecule has 2 atom stereocenters. The molecule has 0 bridgehead atoms. The highest BCUT2D eigenvalue weighted by Gasteiger charge is 2.28. The zero-order valence-electron chi connectivity index (χ0n) is 19.8. The molecule has 0 saturated carbocycles. The molecule has 0 spiro atoms. The fourth-order valence-electron chi connectivity index (χ4n) is 3.91. The summed E-state index contributed by atoms with van der Waals surface area (Å²) in [5, 5.41) is 29.8. The molecule has 1 fully saturated rings. The number of nitrogens with one attached hydrogen (secondary N) is 1. The molecule has 3 N–H and O–H groups in total. The van der Waals surface area contributed by atoms with E-state index in [1.54, 1.807) is 4.90 Å². The van der Waals surface area contributed by atoms with E-state index in [2.05, 4.69) is 15.5 Å². The molecular formula is C25H34N4O5. The van der Waals surface area contributed by atoms with Gasteiger partial charge in [-0.2, -0.15) is 0 Å². The maximum Gasteiger partial charge on any atom is 0.274 e. The minimum atomic E-state index is -0.491. The Bertz CT molecular complexity index is 954. The zero-order chi connectivity index (χ0) is 24.5. The summed E-state index contributed by atoms with van der Waals surface area (Å²) in [5.74, 6) is -0.739. The summed E-state index contributed by atoms with van der Waals surface area (Å²) in [5.41, 5.74) is 1.70. The zero-order valence-corrected chi connectivity index (χ0v) is 19.8. The van der Waals surface area contributed by atoms with Gasteiger partial charge in [-0.15, -0.1) is 10.2 Å². The van der Waals surface area contributed by atoms with Gasteiger partial charge in [-0.3, -0.25) is 9.59 Å². The van der Waals surface area contributed by atoms with Crippen molar-refractivity contribution in [3.63, 3.8) is 0 Å². The van der Waals surface area contributed by atoms with E-state index in [9.17, 15) is 19.8 Å². The summed E-state index contributed by atoms with van der Waals surface area (Å²) in [7, 11) is 0. The summed E-state index contributed by atoms with van der Waals surface area (Å²) in [6.07, 6.45) is 1.78. The van der Waals surface area contributed by atoms with Crippen LogP contribution >= 0.6 is 0 Å². The second kappa shape index (κ2) is 12.5. The highest BCUT2D eigenvalue weighted by atomic mass is 16.5. The number of aliphatic hydroxyl groups excluding tert-OH is 2. The summed E-state index contributed by atoms with van der Waals surface area (Å²) in [4.78, 5) is 27.6. The number of amides is 2. The summed E-state index contributed by atoms with van der Waals surface area (Å²) in [6.45, 7) is 4.91. The largest absolute Gasteiger partial charge is 0.396 e. The number of rotatable bonds is 10. The van der Waals surface area contributed by atoms with Crippen LogP contribution in [0, 0.1) is 5.92 Å². The first-order valence-corrected chi connectivity index (χ1v) is 11.8. The second-order valence-corrected chi connectivity index (χ2v) is 8.90. The van der Waals surface area contributed by atoms with Crippen LogP contribution in [0.1, 0.15) is 58.8 Å². The van der Waals surface area contributed by atoms with Crippen molar-refractivity contribution in [2.45, 2.75) is 51.9 Å². The molecule has 1 aromatic heterocycles. The van der Waals surface area contributed by atoms with E-state index in [1.807, 2.05) is 44.2 Å². The Balaban J connectivity index is 1.68. The monoisotopic (exact) mass is 470 g/mol. The van der Waals surface area contributed by atoms with Gasteiger partial charge >= 0.3 is 0 Å². The van der Waals surface area contributed by atoms with Crippen LogP contribution < -0.4 is 5.32 Å². The standard InChI is InChI=1S/C25H34N4O5/c1-17(2)22(15-31)26-24(32)23-19(10-12-30)13-21(27-28-23)25(33)29-11-6-9-20(14-29)34-16-18-7-4-3-5-8-18/h3-5,7-8,13,17,20,22,30-31H,6,9-12,14-16H2,1-2H3,(H,26,32)/t20-,22-/m1/s1. The predicted molar refractivity (Wildman–Crippen MR) is 126 cm³/mol. The van der Waals surface area contributed by atoms with Gasteiger partial charge < -0.3 is 25.2 Å². The molecule has 0 aliphatic carbocycles. The third kappa shape index (κ3) is 6.82. The van der Waals surface area contributed by atoms with E-state index in [1.165, 1.54) is 6.07 Å². The maximum absolute atomic E-state index is 13.1. The Morgan fingerprint density at radius 1 is 1.21 bits per heavy atom. The Kier molecular flexibility index (Phi) is 9.50. The highest BCUT2D eigenvalue weighted by molar-refractivity contribution is 5.96. The van der Waals surface area contributed by atoms with Gasteiger partial charge in [0.05, 0.1) is 25.4 Å². The lowest BCUT2D eigenvalue weighted by molar-refractivity contribution is -0.00692. The SMILES string of the molecule is CC(C)[C@@H](CO)NC(=O)c1nnc(C(=O)N2CCC[C@@H](OCc3ccccc3)C2)cc1CCO. The van der Waals surface area contributed by atoms with Gasteiger partial charge in [-0.25, -0.2) is 0 Å². The molecule has 0 radical (unpaired) electrons. The van der Waals surface area contributed by atoms with Crippen molar-refractivity contribution in [1.29, 1.82) is 0 Å². The highest BCUT2D eigenvalue weighted by Crippen LogP contribution is 2.18. The van der Waals surface area contributed by atoms with Crippen molar-refractivity contribution in [3.05, 3.63) is 58.9 Å². The molecular weight excluding hydrogens is 436 g/mol. The van der Waals surface area contributed by atoms with E-state index in [-0.39, 0.29) is 49.0 Å². The van der Waals surface area contributed by atoms with E-state index in [4.69, 9.17) is 4.74 Å². The first-order chi connectivity index (χ1) is 16.4. The molecule has 2 aromatic rings. The molecule has 2 heterocycles. The molecule has 184 valence electrons. The number of benzene rings is 1. The van der Waals surface area contributed by atoms with Gasteiger partial charge in [-0.1, -0.05) is 44.2 Å². The number of carbonyl (C=O) groups excluding carboxylic acids is 2. The molecule has 1 aliphatic rings. The molecule has 3 rings (SSSR count). The number of aliphatic hydroxyl groups is 2. The Morgan fingerprint density at radius 3 is 2.65 bits per heavy atom. The normalized spacial score (nSPS) is 17.0. The van der Waals surface area contributed by atoms with Crippen molar-refractivity contribution >= 4 is 11.8 Å². The van der Waals surface area contributed by atoms with Crippen LogP contribution in [0.25, 0.3) is 0 Å². The lowest BCUT2D eigenvalue weighted by atomic mass is 10.0. The number of hydrogen-bond acceptors (Lipinski definition) is 7. The van der Waals surface area contributed by atoms with Gasteiger partial charge in [0.15, 0.2) is 11.4 Å². The number of ether oxygens (including phenoxy) is 1. The predicted octanol–water partition coefficient (Wildman–Crippen LogP) is 1.58. The molecule has 9 nitrogen and oxygen atoms in total.